The Morgan fingerprint density at radius 1 is 1.24 bits per heavy atom. The average molecular weight is 293 g/mol. The number of benzene rings is 1. The normalized spacial score (nSPS) is 11.5. The molecule has 0 saturated carbocycles. The van der Waals surface area contributed by atoms with E-state index in [1.807, 2.05) is 0 Å². The summed E-state index contributed by atoms with van der Waals surface area (Å²) >= 11 is 0. The molecule has 0 unspecified atom stereocenters. The molecular weight excluding hydrogens is 274 g/mol. The summed E-state index contributed by atoms with van der Waals surface area (Å²) in [5, 5.41) is 13.3. The van der Waals surface area contributed by atoms with Crippen molar-refractivity contribution in [1.82, 2.24) is 10.6 Å². The Labute approximate surface area is 122 Å². The Balaban J connectivity index is 2.74. The molecule has 7 nitrogen and oxygen atoms in total. The number of imide groups is 1. The number of carbonyl (C=O) groups is 3. The second kappa shape index (κ2) is 8.01. The Morgan fingerprint density at radius 2 is 1.86 bits per heavy atom. The predicted octanol–water partition coefficient (Wildman–Crippen LogP) is -0.659. The van der Waals surface area contributed by atoms with Crippen LogP contribution in [0.2, 0.25) is 0 Å². The third-order valence-electron chi connectivity index (χ3n) is 2.72. The first-order valence-corrected chi connectivity index (χ1v) is 6.48. The van der Waals surface area contributed by atoms with E-state index in [-0.39, 0.29) is 25.4 Å². The summed E-state index contributed by atoms with van der Waals surface area (Å²) in [5.41, 5.74) is 6.97. The Morgan fingerprint density at radius 3 is 2.38 bits per heavy atom. The van der Waals surface area contributed by atoms with Crippen LogP contribution in [0.5, 0.6) is 0 Å². The number of rotatable bonds is 6. The maximum absolute atomic E-state index is 12.0. The highest BCUT2D eigenvalue weighted by atomic mass is 16.3. The maximum Gasteiger partial charge on any atom is 0.249 e. The first-order chi connectivity index (χ1) is 9.92. The Kier molecular flexibility index (Phi) is 6.35. The minimum Gasteiger partial charge on any atom is -0.399 e. The van der Waals surface area contributed by atoms with Crippen LogP contribution in [-0.4, -0.2) is 35.5 Å². The number of amides is 3. The fraction of sp³-hybridized carbons (Fsp3) is 0.357. The van der Waals surface area contributed by atoms with E-state index in [0.29, 0.717) is 5.69 Å². The fourth-order valence-corrected chi connectivity index (χ4v) is 1.73. The van der Waals surface area contributed by atoms with Crippen molar-refractivity contribution in [2.75, 3.05) is 12.3 Å². The van der Waals surface area contributed by atoms with Crippen molar-refractivity contribution in [3.63, 3.8) is 0 Å². The van der Waals surface area contributed by atoms with Crippen LogP contribution < -0.4 is 16.4 Å². The van der Waals surface area contributed by atoms with Gasteiger partial charge in [-0.1, -0.05) is 12.1 Å². The van der Waals surface area contributed by atoms with Crippen LogP contribution in [0, 0.1) is 0 Å². The standard InChI is InChI=1S/C14H19N3O4/c1-9(19)16-12(14(21)17-13(20)6-7-18)8-10-2-4-11(15)5-3-10/h2-5,12,18H,6-8,15H2,1H3,(H,16,19)(H,17,20,21)/t12-/m1/s1. The first kappa shape index (κ1) is 16.6. The topological polar surface area (TPSA) is 122 Å². The molecule has 0 fully saturated rings. The van der Waals surface area contributed by atoms with Crippen molar-refractivity contribution in [2.24, 2.45) is 0 Å². The van der Waals surface area contributed by atoms with E-state index in [1.54, 1.807) is 24.3 Å². The highest BCUT2D eigenvalue weighted by Gasteiger charge is 2.21. The molecule has 7 heteroatoms. The van der Waals surface area contributed by atoms with E-state index in [2.05, 4.69) is 10.6 Å². The van der Waals surface area contributed by atoms with Crippen molar-refractivity contribution >= 4 is 23.4 Å². The number of nitrogens with two attached hydrogens (primary N) is 1. The number of hydrogen-bond acceptors (Lipinski definition) is 5. The van der Waals surface area contributed by atoms with E-state index < -0.39 is 17.9 Å². The number of aliphatic hydroxyl groups excluding tert-OH is 1. The van der Waals surface area contributed by atoms with Gasteiger partial charge in [-0.25, -0.2) is 0 Å². The number of nitrogen functional groups attached to an aromatic ring is 1. The molecule has 114 valence electrons. The van der Waals surface area contributed by atoms with Crippen molar-refractivity contribution < 1.29 is 19.5 Å². The van der Waals surface area contributed by atoms with Gasteiger partial charge in [-0.3, -0.25) is 19.7 Å². The number of carbonyl (C=O) groups excluding carboxylic acids is 3. The zero-order valence-electron chi connectivity index (χ0n) is 11.8. The molecule has 0 aliphatic rings. The minimum atomic E-state index is -0.867. The van der Waals surface area contributed by atoms with Gasteiger partial charge in [0.05, 0.1) is 13.0 Å². The number of nitrogens with one attached hydrogen (secondary N) is 2. The number of aliphatic hydroxyl groups is 1. The van der Waals surface area contributed by atoms with E-state index in [0.717, 1.165) is 5.56 Å². The van der Waals surface area contributed by atoms with Gasteiger partial charge in [0.1, 0.15) is 6.04 Å². The van der Waals surface area contributed by atoms with Crippen molar-refractivity contribution in [1.29, 1.82) is 0 Å². The summed E-state index contributed by atoms with van der Waals surface area (Å²) in [4.78, 5) is 34.5. The van der Waals surface area contributed by atoms with Crippen LogP contribution >= 0.6 is 0 Å². The van der Waals surface area contributed by atoms with Gasteiger partial charge in [0.15, 0.2) is 0 Å². The summed E-state index contributed by atoms with van der Waals surface area (Å²) < 4.78 is 0. The van der Waals surface area contributed by atoms with E-state index in [4.69, 9.17) is 10.8 Å². The second-order valence-electron chi connectivity index (χ2n) is 4.58. The van der Waals surface area contributed by atoms with Crippen molar-refractivity contribution in [3.05, 3.63) is 29.8 Å². The van der Waals surface area contributed by atoms with Gasteiger partial charge in [-0.2, -0.15) is 0 Å². The fourth-order valence-electron chi connectivity index (χ4n) is 1.73. The zero-order valence-corrected chi connectivity index (χ0v) is 11.8. The monoisotopic (exact) mass is 293 g/mol. The average Bonchev–Trinajstić information content (AvgIpc) is 2.40. The molecule has 0 aliphatic carbocycles. The van der Waals surface area contributed by atoms with Crippen LogP contribution in [-0.2, 0) is 20.8 Å². The second-order valence-corrected chi connectivity index (χ2v) is 4.58. The lowest BCUT2D eigenvalue weighted by molar-refractivity contribution is -0.134. The Hall–Kier alpha value is -2.41. The molecule has 21 heavy (non-hydrogen) atoms. The number of anilines is 1. The van der Waals surface area contributed by atoms with E-state index in [9.17, 15) is 14.4 Å². The molecule has 0 saturated heterocycles. The molecule has 0 aromatic heterocycles. The largest absolute Gasteiger partial charge is 0.399 e. The smallest absolute Gasteiger partial charge is 0.249 e. The van der Waals surface area contributed by atoms with E-state index >= 15 is 0 Å². The van der Waals surface area contributed by atoms with Gasteiger partial charge in [0.2, 0.25) is 17.7 Å². The van der Waals surface area contributed by atoms with Crippen LogP contribution in [0.4, 0.5) is 5.69 Å². The lowest BCUT2D eigenvalue weighted by atomic mass is 10.0. The molecular formula is C14H19N3O4. The zero-order chi connectivity index (χ0) is 15.8. The lowest BCUT2D eigenvalue weighted by Crippen LogP contribution is -2.49. The summed E-state index contributed by atoms with van der Waals surface area (Å²) in [7, 11) is 0. The van der Waals surface area contributed by atoms with Gasteiger partial charge < -0.3 is 16.2 Å². The van der Waals surface area contributed by atoms with Gasteiger partial charge in [-0.05, 0) is 17.7 Å². The molecule has 0 aliphatic heterocycles. The highest BCUT2D eigenvalue weighted by molar-refractivity contribution is 5.99. The van der Waals surface area contributed by atoms with Crippen LogP contribution in [0.3, 0.4) is 0 Å². The summed E-state index contributed by atoms with van der Waals surface area (Å²) in [6.45, 7) is 0.945. The molecule has 1 aromatic rings. The minimum absolute atomic E-state index is 0.166. The Bertz CT molecular complexity index is 513. The first-order valence-electron chi connectivity index (χ1n) is 6.48. The lowest BCUT2D eigenvalue weighted by Gasteiger charge is -2.17. The van der Waals surface area contributed by atoms with Crippen molar-refractivity contribution in [3.8, 4) is 0 Å². The van der Waals surface area contributed by atoms with Gasteiger partial charge >= 0.3 is 0 Å². The molecule has 3 amide bonds. The molecule has 0 spiro atoms. The third kappa shape index (κ3) is 6.05. The molecule has 0 radical (unpaired) electrons. The highest BCUT2D eigenvalue weighted by Crippen LogP contribution is 2.08. The SMILES string of the molecule is CC(=O)N[C@H](Cc1ccc(N)cc1)C(=O)NC(=O)CCO. The molecule has 5 N–H and O–H groups in total. The van der Waals surface area contributed by atoms with E-state index in [1.165, 1.54) is 6.92 Å². The summed E-state index contributed by atoms with van der Waals surface area (Å²) in [5.74, 6) is -1.57. The molecule has 1 atom stereocenters. The molecule has 0 bridgehead atoms. The molecule has 1 rings (SSSR count). The summed E-state index contributed by atoms with van der Waals surface area (Å²) in [6, 6.07) is 6.00. The number of hydrogen-bond donors (Lipinski definition) is 4. The van der Waals surface area contributed by atoms with Crippen LogP contribution in [0.1, 0.15) is 18.9 Å². The van der Waals surface area contributed by atoms with Crippen molar-refractivity contribution in [2.45, 2.75) is 25.8 Å². The summed E-state index contributed by atoms with van der Waals surface area (Å²) in [6.07, 6.45) is 0.0680. The molecule has 0 heterocycles. The predicted molar refractivity (Wildman–Crippen MR) is 77.0 cm³/mol. The van der Waals surface area contributed by atoms with Crippen LogP contribution in [0.15, 0.2) is 24.3 Å². The third-order valence-corrected chi connectivity index (χ3v) is 2.72. The maximum atomic E-state index is 12.0. The molecule has 1 aromatic carbocycles. The van der Waals surface area contributed by atoms with Gasteiger partial charge in [0, 0.05) is 19.0 Å². The van der Waals surface area contributed by atoms with Crippen LogP contribution in [0.25, 0.3) is 0 Å². The van der Waals surface area contributed by atoms with Gasteiger partial charge in [0.25, 0.3) is 0 Å². The quantitative estimate of drug-likeness (QED) is 0.519. The van der Waals surface area contributed by atoms with Gasteiger partial charge in [-0.15, -0.1) is 0 Å².